The van der Waals surface area contributed by atoms with E-state index in [4.69, 9.17) is 4.74 Å². The van der Waals surface area contributed by atoms with Gasteiger partial charge in [-0.2, -0.15) is 0 Å². The second-order valence-corrected chi connectivity index (χ2v) is 15.5. The fourth-order valence-electron chi connectivity index (χ4n) is 8.34. The summed E-state index contributed by atoms with van der Waals surface area (Å²) in [5, 5.41) is 0. The maximum atomic E-state index is 14.9. The average Bonchev–Trinajstić information content (AvgIpc) is 3.52. The number of para-hydroxylation sites is 1. The fraction of sp³-hybridized carbons (Fsp3) is 0.326. The summed E-state index contributed by atoms with van der Waals surface area (Å²) < 4.78 is 7.91. The molecule has 4 heterocycles. The smallest absolute Gasteiger partial charge is 0.410 e. The van der Waals surface area contributed by atoms with Gasteiger partial charge < -0.3 is 33.8 Å². The van der Waals surface area contributed by atoms with Crippen LogP contribution in [-0.2, 0) is 33.0 Å². The highest BCUT2D eigenvalue weighted by molar-refractivity contribution is 6.08. The van der Waals surface area contributed by atoms with Crippen LogP contribution in [0.3, 0.4) is 0 Å². The molecular formula is C46H50N6O4. The largest absolute Gasteiger partial charge is 0.415 e. The Kier molecular flexibility index (Phi) is 10.2. The predicted molar refractivity (Wildman–Crippen MR) is 221 cm³/mol. The number of hydrogen-bond donors (Lipinski definition) is 0. The molecule has 10 nitrogen and oxygen atoms in total. The fourth-order valence-corrected chi connectivity index (χ4v) is 8.34. The van der Waals surface area contributed by atoms with E-state index < -0.39 is 6.09 Å². The molecule has 3 aliphatic heterocycles. The zero-order valence-corrected chi connectivity index (χ0v) is 33.0. The normalized spacial score (nSPS) is 16.9. The summed E-state index contributed by atoms with van der Waals surface area (Å²) in [5.74, 6) is 0.315. The summed E-state index contributed by atoms with van der Waals surface area (Å²) in [7, 11) is 5.88. The van der Waals surface area contributed by atoms with Crippen LogP contribution in [0.25, 0.3) is 11.3 Å². The quantitative estimate of drug-likeness (QED) is 0.183. The van der Waals surface area contributed by atoms with E-state index >= 15 is 0 Å². The van der Waals surface area contributed by atoms with Crippen LogP contribution in [0.4, 0.5) is 16.2 Å². The van der Waals surface area contributed by atoms with Gasteiger partial charge in [0.05, 0.1) is 5.56 Å². The number of aromatic nitrogens is 1. The van der Waals surface area contributed by atoms with Crippen molar-refractivity contribution in [1.82, 2.24) is 19.3 Å². The van der Waals surface area contributed by atoms with Crippen molar-refractivity contribution in [3.63, 3.8) is 0 Å². The zero-order chi connectivity index (χ0) is 39.1. The third-order valence-corrected chi connectivity index (χ3v) is 12.0. The Bertz CT molecular complexity index is 2280. The van der Waals surface area contributed by atoms with Gasteiger partial charge in [-0.05, 0) is 111 Å². The molecule has 56 heavy (non-hydrogen) atoms. The van der Waals surface area contributed by atoms with Gasteiger partial charge >= 0.3 is 6.09 Å². The molecule has 0 saturated carbocycles. The molecule has 1 atom stereocenters. The predicted octanol–water partition coefficient (Wildman–Crippen LogP) is 7.17. The summed E-state index contributed by atoms with van der Waals surface area (Å²) in [6.07, 6.45) is 0.963. The van der Waals surface area contributed by atoms with Crippen LogP contribution < -0.4 is 14.5 Å². The lowest BCUT2D eigenvalue weighted by molar-refractivity contribution is 0.0658. The number of rotatable bonds is 6. The number of nitrogens with zero attached hydrogens (tertiary/aromatic N) is 6. The lowest BCUT2D eigenvalue weighted by atomic mass is 9.90. The summed E-state index contributed by atoms with van der Waals surface area (Å²) >= 11 is 0. The molecule has 0 radical (unpaired) electrons. The Morgan fingerprint density at radius 2 is 1.43 bits per heavy atom. The maximum Gasteiger partial charge on any atom is 0.415 e. The highest BCUT2D eigenvalue weighted by atomic mass is 16.6. The number of amides is 3. The first-order chi connectivity index (χ1) is 27.0. The topological polar surface area (TPSA) is 81.6 Å². The van der Waals surface area contributed by atoms with E-state index in [-0.39, 0.29) is 17.9 Å². The third-order valence-electron chi connectivity index (χ3n) is 12.0. The molecule has 3 amide bonds. The highest BCUT2D eigenvalue weighted by Gasteiger charge is 2.33. The van der Waals surface area contributed by atoms with Crippen LogP contribution in [-0.4, -0.2) is 90.0 Å². The first-order valence-corrected chi connectivity index (χ1v) is 19.6. The second kappa shape index (κ2) is 15.3. The minimum absolute atomic E-state index is 0.0118. The van der Waals surface area contributed by atoms with Crippen molar-refractivity contribution in [2.75, 3.05) is 56.6 Å². The molecule has 1 fully saturated rings. The van der Waals surface area contributed by atoms with Gasteiger partial charge in [-0.15, -0.1) is 0 Å². The first kappa shape index (κ1) is 37.1. The summed E-state index contributed by atoms with van der Waals surface area (Å²) in [5.41, 5.74) is 9.86. The number of anilines is 2. The Morgan fingerprint density at radius 1 is 0.732 bits per heavy atom. The molecule has 288 valence electrons. The minimum Gasteiger partial charge on any atom is -0.410 e. The van der Waals surface area contributed by atoms with Crippen LogP contribution in [0.5, 0.6) is 5.75 Å². The standard InChI is InChI=1S/C46H50N6O4/c1-31-25-33-11-9-10-12-35(33)30-52(31)45(54)42-27-36-29-51(46(55)56-39-17-15-38(16-18-39)50-23-21-47(3)22-24-50)20-19-34(36)26-41(42)43-28-40(32(2)48(43)4)44(53)49(5)37-13-7-6-8-14-37/h6-18,26-28,31H,19-25,29-30H2,1-5H3/t31-/m1/s1. The monoisotopic (exact) mass is 750 g/mol. The van der Waals surface area contributed by atoms with E-state index in [0.29, 0.717) is 42.9 Å². The van der Waals surface area contributed by atoms with E-state index in [0.717, 1.165) is 77.6 Å². The van der Waals surface area contributed by atoms with Crippen LogP contribution in [0.15, 0.2) is 97.1 Å². The molecule has 1 aromatic heterocycles. The van der Waals surface area contributed by atoms with E-state index in [1.165, 1.54) is 5.56 Å². The van der Waals surface area contributed by atoms with Gasteiger partial charge in [0, 0.05) is 99.8 Å². The molecule has 0 spiro atoms. The maximum absolute atomic E-state index is 14.9. The van der Waals surface area contributed by atoms with Gasteiger partial charge in [0.25, 0.3) is 11.8 Å². The van der Waals surface area contributed by atoms with Gasteiger partial charge in [0.2, 0.25) is 0 Å². The van der Waals surface area contributed by atoms with Gasteiger partial charge in [0.15, 0.2) is 0 Å². The molecule has 4 aromatic carbocycles. The van der Waals surface area contributed by atoms with E-state index in [1.54, 1.807) is 16.8 Å². The molecule has 0 N–H and O–H groups in total. The van der Waals surface area contributed by atoms with Crippen molar-refractivity contribution in [3.8, 4) is 17.0 Å². The van der Waals surface area contributed by atoms with Gasteiger partial charge in [-0.3, -0.25) is 9.59 Å². The van der Waals surface area contributed by atoms with Crippen LogP contribution in [0.2, 0.25) is 0 Å². The number of fused-ring (bicyclic) bond motifs is 2. The third kappa shape index (κ3) is 7.17. The molecular weight excluding hydrogens is 701 g/mol. The molecule has 10 heteroatoms. The van der Waals surface area contributed by atoms with Gasteiger partial charge in [-0.25, -0.2) is 4.79 Å². The van der Waals surface area contributed by atoms with Crippen molar-refractivity contribution in [2.24, 2.45) is 7.05 Å². The average molecular weight is 751 g/mol. The summed E-state index contributed by atoms with van der Waals surface area (Å²) in [6, 6.07) is 31.7. The lowest BCUT2D eigenvalue weighted by Crippen LogP contribution is -2.44. The molecule has 5 aromatic rings. The first-order valence-electron chi connectivity index (χ1n) is 19.6. The number of hydrogen-bond acceptors (Lipinski definition) is 6. The number of piperazine rings is 1. The molecule has 1 saturated heterocycles. The Hall–Kier alpha value is -5.87. The number of likely N-dealkylation sites (N-methyl/N-ethyl adjacent to an activating group) is 1. The minimum atomic E-state index is -0.412. The van der Waals surface area contributed by atoms with Crippen molar-refractivity contribution >= 4 is 29.3 Å². The molecule has 3 aliphatic rings. The van der Waals surface area contributed by atoms with Crippen LogP contribution >= 0.6 is 0 Å². The molecule has 8 rings (SSSR count). The van der Waals surface area contributed by atoms with Gasteiger partial charge in [-0.1, -0.05) is 42.5 Å². The van der Waals surface area contributed by atoms with E-state index in [1.807, 2.05) is 96.2 Å². The second-order valence-electron chi connectivity index (χ2n) is 15.5. The SMILES string of the molecule is Cc1c(C(=O)N(C)c2ccccc2)cc(-c2cc3c(cc2C(=O)N2Cc4ccccc4C[C@H]2C)CN(C(=O)Oc2ccc(N4CCN(C)CC4)cc2)CC3)n1C. The van der Waals surface area contributed by atoms with Gasteiger partial charge in [0.1, 0.15) is 5.75 Å². The van der Waals surface area contributed by atoms with Crippen LogP contribution in [0, 0.1) is 6.92 Å². The summed E-state index contributed by atoms with van der Waals surface area (Å²) in [6.45, 7) is 9.33. The van der Waals surface area contributed by atoms with Crippen molar-refractivity contribution in [2.45, 2.75) is 45.8 Å². The Balaban J connectivity index is 1.10. The van der Waals surface area contributed by atoms with E-state index in [9.17, 15) is 14.4 Å². The van der Waals surface area contributed by atoms with Crippen molar-refractivity contribution in [3.05, 3.63) is 136 Å². The number of carbonyl (C=O) groups is 3. The Labute approximate surface area is 329 Å². The number of benzene rings is 4. The van der Waals surface area contributed by atoms with Crippen molar-refractivity contribution in [1.29, 1.82) is 0 Å². The summed E-state index contributed by atoms with van der Waals surface area (Å²) in [4.78, 5) is 52.4. The lowest BCUT2D eigenvalue weighted by Gasteiger charge is -2.36. The molecule has 0 aliphatic carbocycles. The van der Waals surface area contributed by atoms with E-state index in [2.05, 4.69) is 48.0 Å². The number of carbonyl (C=O) groups excluding carboxylic acids is 3. The molecule has 0 unspecified atom stereocenters. The zero-order valence-electron chi connectivity index (χ0n) is 33.0. The van der Waals surface area contributed by atoms with Crippen molar-refractivity contribution < 1.29 is 19.1 Å². The highest BCUT2D eigenvalue weighted by Crippen LogP contribution is 2.36. The molecule has 0 bridgehead atoms. The Morgan fingerprint density at radius 3 is 2.16 bits per heavy atom. The number of ether oxygens (including phenoxy) is 1. The van der Waals surface area contributed by atoms with Crippen LogP contribution in [0.1, 0.15) is 55.6 Å².